The number of carbonyl (C=O) groups is 1. The molecule has 1 N–H and O–H groups in total. The molecule has 0 saturated carbocycles. The Morgan fingerprint density at radius 1 is 1.19 bits per heavy atom. The van der Waals surface area contributed by atoms with Gasteiger partial charge in [-0.3, -0.25) is 0 Å². The Labute approximate surface area is 132 Å². The Morgan fingerprint density at radius 2 is 1.95 bits per heavy atom. The molecule has 0 spiro atoms. The topological polar surface area (TPSA) is 40.5 Å². The molecule has 0 amide bonds. The number of fused-ring (bicyclic) bond motifs is 1. The third-order valence-corrected chi connectivity index (χ3v) is 4.61. The van der Waals surface area contributed by atoms with Crippen LogP contribution >= 0.6 is 23.2 Å². The lowest BCUT2D eigenvalue weighted by molar-refractivity contribution is -0.138. The van der Waals surface area contributed by atoms with Gasteiger partial charge in [-0.05, 0) is 23.3 Å². The summed E-state index contributed by atoms with van der Waals surface area (Å²) in [6.07, 6.45) is 0.504. The van der Waals surface area contributed by atoms with Gasteiger partial charge >= 0.3 is 5.97 Å². The number of aliphatic carboxylic acids is 1. The van der Waals surface area contributed by atoms with E-state index in [2.05, 4.69) is 0 Å². The first-order valence-corrected chi connectivity index (χ1v) is 7.34. The van der Waals surface area contributed by atoms with Crippen LogP contribution < -0.4 is 4.90 Å². The van der Waals surface area contributed by atoms with Crippen molar-refractivity contribution in [1.29, 1.82) is 0 Å². The molecule has 1 aliphatic rings. The molecule has 1 heterocycles. The van der Waals surface area contributed by atoms with E-state index in [9.17, 15) is 9.90 Å². The smallest absolute Gasteiger partial charge is 0.326 e. The molecule has 0 aliphatic carbocycles. The molecule has 1 aliphatic heterocycles. The highest BCUT2D eigenvalue weighted by Crippen LogP contribution is 2.35. The minimum absolute atomic E-state index is 0.424. The molecule has 5 heteroatoms. The van der Waals surface area contributed by atoms with Crippen LogP contribution in [-0.4, -0.2) is 17.1 Å². The highest BCUT2D eigenvalue weighted by Gasteiger charge is 2.34. The summed E-state index contributed by atoms with van der Waals surface area (Å²) in [5, 5.41) is 10.4. The SMILES string of the molecule is O=C(O)C1Cc2ccccc2N1Cc1cccc(Cl)c1Cl. The van der Waals surface area contributed by atoms with Crippen molar-refractivity contribution in [2.24, 2.45) is 0 Å². The molecule has 1 unspecified atom stereocenters. The van der Waals surface area contributed by atoms with Gasteiger partial charge in [-0.25, -0.2) is 4.79 Å². The zero-order valence-electron chi connectivity index (χ0n) is 11.1. The van der Waals surface area contributed by atoms with E-state index in [1.165, 1.54) is 0 Å². The van der Waals surface area contributed by atoms with Crippen LogP contribution in [0.15, 0.2) is 42.5 Å². The van der Waals surface area contributed by atoms with E-state index in [1.807, 2.05) is 41.3 Å². The van der Waals surface area contributed by atoms with Gasteiger partial charge in [0.1, 0.15) is 6.04 Å². The van der Waals surface area contributed by atoms with E-state index in [4.69, 9.17) is 23.2 Å². The molecular weight excluding hydrogens is 309 g/mol. The van der Waals surface area contributed by atoms with Crippen LogP contribution in [0.4, 0.5) is 5.69 Å². The van der Waals surface area contributed by atoms with Gasteiger partial charge in [-0.2, -0.15) is 0 Å². The number of hydrogen-bond acceptors (Lipinski definition) is 2. The van der Waals surface area contributed by atoms with Crippen LogP contribution in [0.3, 0.4) is 0 Å². The highest BCUT2D eigenvalue weighted by molar-refractivity contribution is 6.42. The summed E-state index contributed by atoms with van der Waals surface area (Å²) in [5.41, 5.74) is 2.82. The minimum Gasteiger partial charge on any atom is -0.480 e. The largest absolute Gasteiger partial charge is 0.480 e. The Hall–Kier alpha value is -1.71. The molecule has 1 atom stereocenters. The molecule has 0 radical (unpaired) electrons. The molecule has 0 bridgehead atoms. The number of rotatable bonds is 3. The van der Waals surface area contributed by atoms with Gasteiger partial charge < -0.3 is 10.0 Å². The van der Waals surface area contributed by atoms with E-state index in [0.717, 1.165) is 16.8 Å². The third-order valence-electron chi connectivity index (χ3n) is 3.75. The van der Waals surface area contributed by atoms with Gasteiger partial charge in [0.25, 0.3) is 0 Å². The van der Waals surface area contributed by atoms with Crippen molar-refractivity contribution in [3.63, 3.8) is 0 Å². The molecule has 2 aromatic rings. The number of benzene rings is 2. The fraction of sp³-hybridized carbons (Fsp3) is 0.188. The average Bonchev–Trinajstić information content (AvgIpc) is 2.83. The average molecular weight is 322 g/mol. The third kappa shape index (κ3) is 2.59. The fourth-order valence-electron chi connectivity index (χ4n) is 2.72. The van der Waals surface area contributed by atoms with Crippen molar-refractivity contribution in [3.05, 3.63) is 63.6 Å². The second kappa shape index (κ2) is 5.58. The zero-order valence-corrected chi connectivity index (χ0v) is 12.6. The molecule has 3 rings (SSSR count). The van der Waals surface area contributed by atoms with Crippen molar-refractivity contribution >= 4 is 34.9 Å². The lowest BCUT2D eigenvalue weighted by Crippen LogP contribution is -2.38. The van der Waals surface area contributed by atoms with Crippen LogP contribution in [0.25, 0.3) is 0 Å². The first kappa shape index (κ1) is 14.2. The van der Waals surface area contributed by atoms with Crippen LogP contribution in [0.2, 0.25) is 10.0 Å². The lowest BCUT2D eigenvalue weighted by atomic mass is 10.1. The van der Waals surface area contributed by atoms with E-state index in [-0.39, 0.29) is 0 Å². The van der Waals surface area contributed by atoms with Gasteiger partial charge in [-0.15, -0.1) is 0 Å². The Bertz CT molecular complexity index is 702. The Balaban J connectivity index is 1.98. The number of halogens is 2. The molecular formula is C16H13Cl2NO2. The zero-order chi connectivity index (χ0) is 15.0. The highest BCUT2D eigenvalue weighted by atomic mass is 35.5. The quantitative estimate of drug-likeness (QED) is 0.928. The summed E-state index contributed by atoms with van der Waals surface area (Å²) in [6.45, 7) is 0.424. The molecule has 0 fully saturated rings. The van der Waals surface area contributed by atoms with Crippen LogP contribution in [-0.2, 0) is 17.8 Å². The number of nitrogens with zero attached hydrogens (tertiary/aromatic N) is 1. The summed E-state index contributed by atoms with van der Waals surface area (Å²) in [6, 6.07) is 12.6. The maximum absolute atomic E-state index is 11.5. The van der Waals surface area contributed by atoms with Crippen LogP contribution in [0.1, 0.15) is 11.1 Å². The van der Waals surface area contributed by atoms with Crippen molar-refractivity contribution in [1.82, 2.24) is 0 Å². The van der Waals surface area contributed by atoms with Gasteiger partial charge in [0, 0.05) is 18.7 Å². The second-order valence-electron chi connectivity index (χ2n) is 5.03. The molecule has 2 aromatic carbocycles. The van der Waals surface area contributed by atoms with E-state index in [1.54, 1.807) is 6.07 Å². The maximum atomic E-state index is 11.5. The molecule has 108 valence electrons. The molecule has 21 heavy (non-hydrogen) atoms. The summed E-state index contributed by atoms with van der Waals surface area (Å²) < 4.78 is 0. The van der Waals surface area contributed by atoms with Gasteiger partial charge in [0.15, 0.2) is 0 Å². The maximum Gasteiger partial charge on any atom is 0.326 e. The standard InChI is InChI=1S/C16H13Cl2NO2/c17-12-6-3-5-11(15(12)18)9-19-13-7-2-1-4-10(13)8-14(19)16(20)21/h1-7,14H,8-9H2,(H,20,21). The van der Waals surface area contributed by atoms with Crippen molar-refractivity contribution in [2.75, 3.05) is 4.90 Å². The number of anilines is 1. The van der Waals surface area contributed by atoms with E-state index in [0.29, 0.717) is 23.0 Å². The first-order valence-electron chi connectivity index (χ1n) is 6.58. The lowest BCUT2D eigenvalue weighted by Gasteiger charge is -2.25. The van der Waals surface area contributed by atoms with E-state index >= 15 is 0 Å². The van der Waals surface area contributed by atoms with Crippen LogP contribution in [0, 0.1) is 0 Å². The predicted octanol–water partition coefficient (Wildman–Crippen LogP) is 4.01. The molecule has 0 saturated heterocycles. The summed E-state index contributed by atoms with van der Waals surface area (Å²) in [4.78, 5) is 13.4. The van der Waals surface area contributed by atoms with Crippen molar-refractivity contribution < 1.29 is 9.90 Å². The summed E-state index contributed by atoms with van der Waals surface area (Å²) >= 11 is 12.3. The van der Waals surface area contributed by atoms with Crippen LogP contribution in [0.5, 0.6) is 0 Å². The normalized spacial score (nSPS) is 16.9. The first-order chi connectivity index (χ1) is 10.1. The fourth-order valence-corrected chi connectivity index (χ4v) is 3.10. The number of carboxylic acid groups (broad SMARTS) is 1. The summed E-state index contributed by atoms with van der Waals surface area (Å²) in [5.74, 6) is -0.829. The monoisotopic (exact) mass is 321 g/mol. The van der Waals surface area contributed by atoms with Crippen molar-refractivity contribution in [3.8, 4) is 0 Å². The predicted molar refractivity (Wildman–Crippen MR) is 84.2 cm³/mol. The van der Waals surface area contributed by atoms with Gasteiger partial charge in [-0.1, -0.05) is 53.5 Å². The van der Waals surface area contributed by atoms with E-state index < -0.39 is 12.0 Å². The minimum atomic E-state index is -0.829. The Kier molecular flexibility index (Phi) is 3.79. The number of carboxylic acids is 1. The van der Waals surface area contributed by atoms with Gasteiger partial charge in [0.2, 0.25) is 0 Å². The summed E-state index contributed by atoms with van der Waals surface area (Å²) in [7, 11) is 0. The second-order valence-corrected chi connectivity index (χ2v) is 5.81. The Morgan fingerprint density at radius 3 is 2.71 bits per heavy atom. The number of para-hydroxylation sites is 1. The molecule has 0 aromatic heterocycles. The van der Waals surface area contributed by atoms with Crippen molar-refractivity contribution in [2.45, 2.75) is 19.0 Å². The van der Waals surface area contributed by atoms with Gasteiger partial charge in [0.05, 0.1) is 10.0 Å². The molecule has 3 nitrogen and oxygen atoms in total. The number of hydrogen-bond donors (Lipinski definition) is 1.